The van der Waals surface area contributed by atoms with E-state index in [1.807, 2.05) is 0 Å². The summed E-state index contributed by atoms with van der Waals surface area (Å²) in [7, 11) is 0. The van der Waals surface area contributed by atoms with Gasteiger partial charge in [-0.15, -0.1) is 0 Å². The molecule has 6 unspecified atom stereocenters. The van der Waals surface area contributed by atoms with Gasteiger partial charge in [-0.1, -0.05) is 24.3 Å². The van der Waals surface area contributed by atoms with Gasteiger partial charge in [-0.25, -0.2) is 0 Å². The highest BCUT2D eigenvalue weighted by atomic mass is 16.5. The lowest BCUT2D eigenvalue weighted by Crippen LogP contribution is -2.18. The van der Waals surface area contributed by atoms with E-state index in [2.05, 4.69) is 24.3 Å². The van der Waals surface area contributed by atoms with Crippen LogP contribution in [0.2, 0.25) is 0 Å². The van der Waals surface area contributed by atoms with Crippen LogP contribution in [0.25, 0.3) is 0 Å². The molecule has 0 aromatic carbocycles. The number of hydrogen-bond acceptors (Lipinski definition) is 4. The fraction of sp³-hybridized carbons (Fsp3) is 0.727. The van der Waals surface area contributed by atoms with E-state index in [4.69, 9.17) is 9.47 Å². The van der Waals surface area contributed by atoms with Gasteiger partial charge in [-0.2, -0.15) is 0 Å². The van der Waals surface area contributed by atoms with Crippen LogP contribution in [-0.4, -0.2) is 25.2 Å². The van der Waals surface area contributed by atoms with Crippen LogP contribution in [0.15, 0.2) is 24.3 Å². The number of fused-ring (bicyclic) bond motifs is 4. The third-order valence-corrected chi connectivity index (χ3v) is 6.76. The predicted molar refractivity (Wildman–Crippen MR) is 98.1 cm³/mol. The lowest BCUT2D eigenvalue weighted by molar-refractivity contribution is -0.147. The standard InChI is InChI=1S/C22H30O4/c23-21(25-13-19-11-15-5-7-17(19)9-15)3-1-2-4-22(24)26-14-20-12-16-6-8-18(20)10-16/h5-8,15-20H,1-4,9-14H2. The van der Waals surface area contributed by atoms with Crippen LogP contribution in [0.1, 0.15) is 51.4 Å². The summed E-state index contributed by atoms with van der Waals surface area (Å²) in [6.07, 6.45) is 16.2. The minimum absolute atomic E-state index is 0.126. The first-order chi connectivity index (χ1) is 12.7. The molecule has 4 aliphatic carbocycles. The maximum atomic E-state index is 11.9. The van der Waals surface area contributed by atoms with E-state index in [1.165, 1.54) is 25.7 Å². The summed E-state index contributed by atoms with van der Waals surface area (Å²) in [4.78, 5) is 23.7. The topological polar surface area (TPSA) is 52.6 Å². The van der Waals surface area contributed by atoms with Crippen molar-refractivity contribution >= 4 is 11.9 Å². The van der Waals surface area contributed by atoms with Crippen LogP contribution in [0, 0.1) is 35.5 Å². The maximum Gasteiger partial charge on any atom is 0.305 e. The van der Waals surface area contributed by atoms with Crippen molar-refractivity contribution in [3.63, 3.8) is 0 Å². The number of rotatable bonds is 9. The number of esters is 2. The first-order valence-corrected chi connectivity index (χ1v) is 10.4. The van der Waals surface area contributed by atoms with E-state index in [1.54, 1.807) is 0 Å². The van der Waals surface area contributed by atoms with Crippen LogP contribution in [0.4, 0.5) is 0 Å². The molecule has 4 heteroatoms. The van der Waals surface area contributed by atoms with Gasteiger partial charge in [0.05, 0.1) is 13.2 Å². The van der Waals surface area contributed by atoms with E-state index in [-0.39, 0.29) is 11.9 Å². The Morgan fingerprint density at radius 3 is 1.50 bits per heavy atom. The van der Waals surface area contributed by atoms with Gasteiger partial charge in [-0.3, -0.25) is 9.59 Å². The molecule has 4 nitrogen and oxygen atoms in total. The Labute approximate surface area is 156 Å². The van der Waals surface area contributed by atoms with Gasteiger partial charge in [0, 0.05) is 12.8 Å². The van der Waals surface area contributed by atoms with Crippen molar-refractivity contribution < 1.29 is 19.1 Å². The summed E-state index contributed by atoms with van der Waals surface area (Å²) < 4.78 is 10.9. The fourth-order valence-electron chi connectivity index (χ4n) is 5.26. The normalized spacial score (nSPS) is 36.0. The van der Waals surface area contributed by atoms with Gasteiger partial charge < -0.3 is 9.47 Å². The van der Waals surface area contributed by atoms with E-state index < -0.39 is 0 Å². The predicted octanol–water partition coefficient (Wildman–Crippen LogP) is 4.06. The van der Waals surface area contributed by atoms with Crippen molar-refractivity contribution in [2.24, 2.45) is 35.5 Å². The van der Waals surface area contributed by atoms with Gasteiger partial charge in [0.25, 0.3) is 0 Å². The Morgan fingerprint density at radius 1 is 0.692 bits per heavy atom. The molecular formula is C22H30O4. The first-order valence-electron chi connectivity index (χ1n) is 10.4. The number of unbranched alkanes of at least 4 members (excludes halogenated alkanes) is 1. The van der Waals surface area contributed by atoms with Crippen LogP contribution in [-0.2, 0) is 19.1 Å². The molecule has 0 heterocycles. The Balaban J connectivity index is 1.02. The van der Waals surface area contributed by atoms with Crippen LogP contribution in [0.3, 0.4) is 0 Å². The molecule has 2 saturated carbocycles. The third kappa shape index (κ3) is 4.21. The van der Waals surface area contributed by atoms with E-state index in [0.717, 1.165) is 0 Å². The fourth-order valence-corrected chi connectivity index (χ4v) is 5.26. The number of carbonyl (C=O) groups excluding carboxylic acids is 2. The lowest BCUT2D eigenvalue weighted by atomic mass is 9.95. The molecule has 4 bridgehead atoms. The van der Waals surface area contributed by atoms with Crippen LogP contribution >= 0.6 is 0 Å². The smallest absolute Gasteiger partial charge is 0.305 e. The summed E-state index contributed by atoms with van der Waals surface area (Å²) in [6.45, 7) is 1.12. The Bertz CT molecular complexity index is 541. The Kier molecular flexibility index (Phi) is 5.46. The zero-order chi connectivity index (χ0) is 17.9. The molecule has 6 atom stereocenters. The number of carbonyl (C=O) groups is 2. The summed E-state index contributed by atoms with van der Waals surface area (Å²) in [5.74, 6) is 3.45. The minimum Gasteiger partial charge on any atom is -0.465 e. The lowest BCUT2D eigenvalue weighted by Gasteiger charge is -2.18. The third-order valence-electron chi connectivity index (χ3n) is 6.76. The second-order valence-corrected chi connectivity index (χ2v) is 8.65. The summed E-state index contributed by atoms with van der Waals surface area (Å²) in [6, 6.07) is 0. The summed E-state index contributed by atoms with van der Waals surface area (Å²) in [5, 5.41) is 0. The zero-order valence-corrected chi connectivity index (χ0v) is 15.5. The van der Waals surface area contributed by atoms with E-state index in [9.17, 15) is 9.59 Å². The molecule has 0 aromatic heterocycles. The zero-order valence-electron chi connectivity index (χ0n) is 15.5. The summed E-state index contributed by atoms with van der Waals surface area (Å²) in [5.41, 5.74) is 0. The second-order valence-electron chi connectivity index (χ2n) is 8.65. The van der Waals surface area contributed by atoms with Crippen LogP contribution in [0.5, 0.6) is 0 Å². The number of hydrogen-bond donors (Lipinski definition) is 0. The molecule has 26 heavy (non-hydrogen) atoms. The van der Waals surface area contributed by atoms with Crippen LogP contribution < -0.4 is 0 Å². The molecule has 0 spiro atoms. The SMILES string of the molecule is O=C(CCCCC(=O)OCC1CC2C=CC1C2)OCC1CC2C=CC1C2. The number of ether oxygens (including phenoxy) is 2. The van der Waals surface area contributed by atoms with E-state index in [0.29, 0.717) is 74.4 Å². The molecule has 4 rings (SSSR count). The van der Waals surface area contributed by atoms with Crippen molar-refractivity contribution in [3.8, 4) is 0 Å². The molecule has 0 aromatic rings. The van der Waals surface area contributed by atoms with Crippen molar-refractivity contribution in [2.45, 2.75) is 51.4 Å². The van der Waals surface area contributed by atoms with Gasteiger partial charge in [0.2, 0.25) is 0 Å². The summed E-state index contributed by atoms with van der Waals surface area (Å²) >= 11 is 0. The average molecular weight is 358 g/mol. The monoisotopic (exact) mass is 358 g/mol. The molecule has 0 aliphatic heterocycles. The van der Waals surface area contributed by atoms with E-state index >= 15 is 0 Å². The molecule has 0 amide bonds. The highest BCUT2D eigenvalue weighted by Gasteiger charge is 2.37. The molecule has 142 valence electrons. The molecule has 4 aliphatic rings. The maximum absolute atomic E-state index is 11.9. The average Bonchev–Trinajstić information content (AvgIpc) is 3.42. The van der Waals surface area contributed by atoms with Crippen molar-refractivity contribution in [1.82, 2.24) is 0 Å². The minimum atomic E-state index is -0.126. The second kappa shape index (κ2) is 7.98. The molecule has 0 radical (unpaired) electrons. The Hall–Kier alpha value is -1.58. The van der Waals surface area contributed by atoms with Gasteiger partial charge in [-0.05, 0) is 74.0 Å². The van der Waals surface area contributed by atoms with Crippen molar-refractivity contribution in [2.75, 3.05) is 13.2 Å². The first kappa shape index (κ1) is 17.8. The van der Waals surface area contributed by atoms with Gasteiger partial charge in [0.1, 0.15) is 0 Å². The van der Waals surface area contributed by atoms with Gasteiger partial charge in [0.15, 0.2) is 0 Å². The number of allylic oxidation sites excluding steroid dienone is 4. The largest absolute Gasteiger partial charge is 0.465 e. The molecule has 2 fully saturated rings. The highest BCUT2D eigenvalue weighted by Crippen LogP contribution is 2.44. The quantitative estimate of drug-likeness (QED) is 0.354. The highest BCUT2D eigenvalue weighted by molar-refractivity contribution is 5.70. The Morgan fingerprint density at radius 2 is 1.15 bits per heavy atom. The molecule has 0 N–H and O–H groups in total. The van der Waals surface area contributed by atoms with Crippen molar-refractivity contribution in [1.29, 1.82) is 0 Å². The molecular weight excluding hydrogens is 328 g/mol. The van der Waals surface area contributed by atoms with Crippen molar-refractivity contribution in [3.05, 3.63) is 24.3 Å². The van der Waals surface area contributed by atoms with Gasteiger partial charge >= 0.3 is 11.9 Å². The molecule has 0 saturated heterocycles.